The minimum Gasteiger partial charge on any atom is -0.494 e. The molecule has 1 amide bonds. The van der Waals surface area contributed by atoms with E-state index in [0.29, 0.717) is 17.0 Å². The number of aromatic nitrogens is 2. The number of primary amides is 1. The Balaban J connectivity index is 2.07. The van der Waals surface area contributed by atoms with Crippen LogP contribution in [0.2, 0.25) is 5.02 Å². The monoisotopic (exact) mass is 401 g/mol. The molecule has 3 rings (SSSR count). The normalized spacial score (nSPS) is 12.0. The number of halogens is 2. The van der Waals surface area contributed by atoms with Gasteiger partial charge in [-0.1, -0.05) is 29.8 Å². The Morgan fingerprint density at radius 1 is 1.29 bits per heavy atom. The highest BCUT2D eigenvalue weighted by molar-refractivity contribution is 6.31. The third-order valence-corrected chi connectivity index (χ3v) is 5.14. The number of amides is 1. The van der Waals surface area contributed by atoms with Crippen molar-refractivity contribution >= 4 is 17.5 Å². The summed E-state index contributed by atoms with van der Waals surface area (Å²) in [5.74, 6) is -0.907. The quantitative estimate of drug-likeness (QED) is 0.676. The van der Waals surface area contributed by atoms with Crippen LogP contribution in [0.25, 0.3) is 5.69 Å². The number of carbonyl (C=O) groups is 1. The summed E-state index contributed by atoms with van der Waals surface area (Å²) in [7, 11) is 1.59. The lowest BCUT2D eigenvalue weighted by Crippen LogP contribution is -2.24. The van der Waals surface area contributed by atoms with Crippen molar-refractivity contribution in [1.82, 2.24) is 9.78 Å². The molecule has 1 aromatic heterocycles. The van der Waals surface area contributed by atoms with E-state index in [1.54, 1.807) is 17.9 Å². The number of benzene rings is 2. The first-order valence-corrected chi connectivity index (χ1v) is 9.14. The third kappa shape index (κ3) is 3.73. The van der Waals surface area contributed by atoms with Gasteiger partial charge in [0.2, 0.25) is 5.91 Å². The van der Waals surface area contributed by atoms with Gasteiger partial charge in [-0.05, 0) is 50.1 Å². The fourth-order valence-corrected chi connectivity index (χ4v) is 3.69. The molecule has 2 aromatic carbocycles. The number of carbonyl (C=O) groups excluding carboxylic acids is 1. The van der Waals surface area contributed by atoms with E-state index in [1.165, 1.54) is 12.1 Å². The Morgan fingerprint density at radius 3 is 2.64 bits per heavy atom. The lowest BCUT2D eigenvalue weighted by Gasteiger charge is -2.16. The van der Waals surface area contributed by atoms with E-state index < -0.39 is 17.6 Å². The molecule has 0 saturated carbocycles. The lowest BCUT2D eigenvalue weighted by atomic mass is 9.90. The van der Waals surface area contributed by atoms with Crippen molar-refractivity contribution in [2.75, 3.05) is 7.11 Å². The van der Waals surface area contributed by atoms with Gasteiger partial charge < -0.3 is 10.5 Å². The average molecular weight is 402 g/mol. The van der Waals surface area contributed by atoms with Gasteiger partial charge in [0, 0.05) is 16.3 Å². The molecule has 0 aliphatic rings. The molecular weight excluding hydrogens is 381 g/mol. The molecular formula is C21H21ClFN3O2. The van der Waals surface area contributed by atoms with Crippen molar-refractivity contribution in [3.05, 3.63) is 75.8 Å². The van der Waals surface area contributed by atoms with E-state index >= 15 is 0 Å². The smallest absolute Gasteiger partial charge is 0.225 e. The molecule has 0 aliphatic heterocycles. The van der Waals surface area contributed by atoms with E-state index in [2.05, 4.69) is 5.10 Å². The average Bonchev–Trinajstić information content (AvgIpc) is 2.95. The van der Waals surface area contributed by atoms with Crippen LogP contribution in [-0.2, 0) is 11.2 Å². The fraction of sp³-hybridized carbons (Fsp3) is 0.238. The summed E-state index contributed by atoms with van der Waals surface area (Å²) < 4.78 is 20.5. The van der Waals surface area contributed by atoms with Gasteiger partial charge >= 0.3 is 0 Å². The Bertz CT molecular complexity index is 1030. The molecule has 1 unspecified atom stereocenters. The van der Waals surface area contributed by atoms with Crippen LogP contribution in [0.1, 0.15) is 28.4 Å². The topological polar surface area (TPSA) is 70.1 Å². The van der Waals surface area contributed by atoms with E-state index in [9.17, 15) is 9.18 Å². The summed E-state index contributed by atoms with van der Waals surface area (Å²) >= 11 is 6.16. The van der Waals surface area contributed by atoms with Crippen molar-refractivity contribution in [3.63, 3.8) is 0 Å². The van der Waals surface area contributed by atoms with Crippen LogP contribution >= 0.6 is 11.6 Å². The molecule has 0 aliphatic carbocycles. The maximum Gasteiger partial charge on any atom is 0.225 e. The zero-order valence-electron chi connectivity index (χ0n) is 15.9. The van der Waals surface area contributed by atoms with Crippen molar-refractivity contribution in [1.29, 1.82) is 0 Å². The SMILES string of the molecule is COc1ccccc1-n1nc(C)c(C(Cc2ccc(F)cc2Cl)C(N)=O)c1C. The summed E-state index contributed by atoms with van der Waals surface area (Å²) in [4.78, 5) is 12.3. The number of hydrogen-bond donors (Lipinski definition) is 1. The van der Waals surface area contributed by atoms with Crippen LogP contribution in [0.15, 0.2) is 42.5 Å². The zero-order valence-corrected chi connectivity index (χ0v) is 16.6. The van der Waals surface area contributed by atoms with Crippen LogP contribution in [0, 0.1) is 19.7 Å². The van der Waals surface area contributed by atoms with Crippen LogP contribution in [0.3, 0.4) is 0 Å². The number of rotatable bonds is 6. The number of methoxy groups -OCH3 is 1. The molecule has 0 radical (unpaired) electrons. The summed E-state index contributed by atoms with van der Waals surface area (Å²) in [5.41, 5.74) is 9.34. The molecule has 5 nitrogen and oxygen atoms in total. The van der Waals surface area contributed by atoms with Crippen molar-refractivity contribution in [2.24, 2.45) is 5.73 Å². The van der Waals surface area contributed by atoms with E-state index in [1.807, 2.05) is 38.1 Å². The summed E-state index contributed by atoms with van der Waals surface area (Å²) in [5, 5.41) is 4.87. The number of ether oxygens (including phenoxy) is 1. The van der Waals surface area contributed by atoms with Crippen LogP contribution in [0.5, 0.6) is 5.75 Å². The van der Waals surface area contributed by atoms with Crippen molar-refractivity contribution in [3.8, 4) is 11.4 Å². The predicted molar refractivity (Wildman–Crippen MR) is 107 cm³/mol. The highest BCUT2D eigenvalue weighted by Crippen LogP contribution is 2.32. The zero-order chi connectivity index (χ0) is 20.4. The Kier molecular flexibility index (Phi) is 5.70. The molecule has 146 valence electrons. The summed E-state index contributed by atoms with van der Waals surface area (Å²) in [6, 6.07) is 11.6. The first kappa shape index (κ1) is 19.9. The molecule has 28 heavy (non-hydrogen) atoms. The summed E-state index contributed by atoms with van der Waals surface area (Å²) in [6.07, 6.45) is 0.258. The van der Waals surface area contributed by atoms with Gasteiger partial charge in [0.05, 0.1) is 18.7 Å². The largest absolute Gasteiger partial charge is 0.494 e. The summed E-state index contributed by atoms with van der Waals surface area (Å²) in [6.45, 7) is 3.71. The lowest BCUT2D eigenvalue weighted by molar-refractivity contribution is -0.119. The Morgan fingerprint density at radius 2 is 2.00 bits per heavy atom. The molecule has 0 bridgehead atoms. The van der Waals surface area contributed by atoms with Crippen molar-refractivity contribution in [2.45, 2.75) is 26.2 Å². The second-order valence-corrected chi connectivity index (χ2v) is 6.97. The minimum atomic E-state index is -0.647. The highest BCUT2D eigenvalue weighted by atomic mass is 35.5. The minimum absolute atomic E-state index is 0.258. The number of para-hydroxylation sites is 2. The Hall–Kier alpha value is -2.86. The predicted octanol–water partition coefficient (Wildman–Crippen LogP) is 4.10. The van der Waals surface area contributed by atoms with Gasteiger partial charge in [0.1, 0.15) is 17.3 Å². The molecule has 0 spiro atoms. The number of hydrogen-bond acceptors (Lipinski definition) is 3. The molecule has 1 heterocycles. The first-order chi connectivity index (χ1) is 13.3. The molecule has 0 saturated heterocycles. The molecule has 2 N–H and O–H groups in total. The van der Waals surface area contributed by atoms with E-state index in [0.717, 1.165) is 16.9 Å². The van der Waals surface area contributed by atoms with Crippen LogP contribution < -0.4 is 10.5 Å². The van der Waals surface area contributed by atoms with Crippen LogP contribution in [-0.4, -0.2) is 22.8 Å². The fourth-order valence-electron chi connectivity index (χ4n) is 3.45. The van der Waals surface area contributed by atoms with E-state index in [4.69, 9.17) is 22.1 Å². The van der Waals surface area contributed by atoms with Gasteiger partial charge in [0.25, 0.3) is 0 Å². The van der Waals surface area contributed by atoms with Gasteiger partial charge in [-0.25, -0.2) is 9.07 Å². The van der Waals surface area contributed by atoms with Crippen molar-refractivity contribution < 1.29 is 13.9 Å². The highest BCUT2D eigenvalue weighted by Gasteiger charge is 2.27. The van der Waals surface area contributed by atoms with Gasteiger partial charge in [-0.15, -0.1) is 0 Å². The maximum absolute atomic E-state index is 13.4. The molecule has 7 heteroatoms. The van der Waals surface area contributed by atoms with E-state index in [-0.39, 0.29) is 11.4 Å². The number of nitrogens with zero attached hydrogens (tertiary/aromatic N) is 2. The first-order valence-electron chi connectivity index (χ1n) is 8.76. The molecule has 1 atom stereocenters. The second-order valence-electron chi connectivity index (χ2n) is 6.56. The third-order valence-electron chi connectivity index (χ3n) is 4.79. The van der Waals surface area contributed by atoms with Crippen LogP contribution in [0.4, 0.5) is 4.39 Å². The molecule has 3 aromatic rings. The second kappa shape index (κ2) is 8.02. The maximum atomic E-state index is 13.4. The Labute approximate surface area is 167 Å². The van der Waals surface area contributed by atoms with Gasteiger partial charge in [-0.3, -0.25) is 4.79 Å². The van der Waals surface area contributed by atoms with Gasteiger partial charge in [0.15, 0.2) is 0 Å². The number of nitrogens with two attached hydrogens (primary N) is 1. The van der Waals surface area contributed by atoms with Gasteiger partial charge in [-0.2, -0.15) is 5.10 Å². The molecule has 0 fully saturated rings. The standard InChI is InChI=1S/C21H21ClFN3O2/c1-12-20(13(2)26(25-12)18-6-4-5-7-19(18)28-3)16(21(24)27)10-14-8-9-15(23)11-17(14)22/h4-9,11,16H,10H2,1-3H3,(H2,24,27). The number of aryl methyl sites for hydroxylation is 1.